The second kappa shape index (κ2) is 5.01. The molecule has 0 unspecified atom stereocenters. The summed E-state index contributed by atoms with van der Waals surface area (Å²) in [6.07, 6.45) is 0. The zero-order valence-corrected chi connectivity index (χ0v) is 11.6. The number of phenolic OH excluding ortho intramolecular Hbond substituents is 1. The van der Waals surface area contributed by atoms with Crippen molar-refractivity contribution in [3.8, 4) is 28.6 Å². The van der Waals surface area contributed by atoms with Gasteiger partial charge in [-0.3, -0.25) is 0 Å². The molecule has 1 heterocycles. The highest BCUT2D eigenvalue weighted by molar-refractivity contribution is 5.65. The van der Waals surface area contributed by atoms with E-state index in [1.54, 1.807) is 31.2 Å². The second-order valence-corrected chi connectivity index (χ2v) is 4.91. The topological polar surface area (TPSA) is 59.2 Å². The summed E-state index contributed by atoms with van der Waals surface area (Å²) >= 11 is 0. The summed E-state index contributed by atoms with van der Waals surface area (Å²) in [6, 6.07) is 9.80. The number of aromatic nitrogens is 2. The molecule has 0 aliphatic carbocycles. The Morgan fingerprint density at radius 3 is 2.62 bits per heavy atom. The van der Waals surface area contributed by atoms with E-state index in [1.807, 2.05) is 13.0 Å². The number of aryl methyl sites for hydroxylation is 2. The maximum Gasteiger partial charge on any atom is 0.261 e. The van der Waals surface area contributed by atoms with Crippen LogP contribution in [-0.4, -0.2) is 15.2 Å². The van der Waals surface area contributed by atoms with Gasteiger partial charge in [0.1, 0.15) is 11.6 Å². The van der Waals surface area contributed by atoms with Gasteiger partial charge in [0.15, 0.2) is 0 Å². The zero-order valence-electron chi connectivity index (χ0n) is 11.6. The molecular weight excluding hydrogens is 271 g/mol. The fraction of sp³-hybridized carbons (Fsp3) is 0.125. The third-order valence-electron chi connectivity index (χ3n) is 3.23. The molecule has 1 aromatic heterocycles. The molecule has 0 aliphatic rings. The van der Waals surface area contributed by atoms with E-state index in [0.29, 0.717) is 22.5 Å². The number of benzene rings is 2. The number of hydrogen-bond acceptors (Lipinski definition) is 4. The van der Waals surface area contributed by atoms with E-state index in [-0.39, 0.29) is 17.5 Å². The fourth-order valence-electron chi connectivity index (χ4n) is 2.06. The van der Waals surface area contributed by atoms with Crippen LogP contribution in [0.5, 0.6) is 5.75 Å². The van der Waals surface area contributed by atoms with Crippen molar-refractivity contribution in [3.63, 3.8) is 0 Å². The molecule has 0 fully saturated rings. The van der Waals surface area contributed by atoms with Gasteiger partial charge in [-0.15, -0.1) is 0 Å². The molecule has 2 aromatic carbocycles. The Labute approximate surface area is 120 Å². The van der Waals surface area contributed by atoms with Crippen molar-refractivity contribution >= 4 is 0 Å². The lowest BCUT2D eigenvalue weighted by Crippen LogP contribution is -1.86. The molecule has 3 aromatic rings. The summed E-state index contributed by atoms with van der Waals surface area (Å²) in [5, 5.41) is 13.8. The minimum absolute atomic E-state index is 0.0838. The van der Waals surface area contributed by atoms with Gasteiger partial charge in [0, 0.05) is 5.56 Å². The van der Waals surface area contributed by atoms with Crippen LogP contribution in [0.3, 0.4) is 0 Å². The normalized spacial score (nSPS) is 10.8. The Bertz CT molecular complexity index is 812. The molecule has 0 amide bonds. The Balaban J connectivity index is 2.01. The standard InChI is InChI=1S/C16H13FN2O2/c1-9-3-5-12(14(20)7-9)16-18-15(19-21-16)11-4-6-13(17)10(2)8-11/h3-8,20H,1-2H3. The number of aromatic hydroxyl groups is 1. The minimum Gasteiger partial charge on any atom is -0.507 e. The van der Waals surface area contributed by atoms with Crippen LogP contribution in [0.2, 0.25) is 0 Å². The van der Waals surface area contributed by atoms with E-state index in [4.69, 9.17) is 4.52 Å². The van der Waals surface area contributed by atoms with Crippen molar-refractivity contribution in [2.75, 3.05) is 0 Å². The third-order valence-corrected chi connectivity index (χ3v) is 3.23. The molecule has 5 heteroatoms. The van der Waals surface area contributed by atoms with E-state index in [9.17, 15) is 9.50 Å². The van der Waals surface area contributed by atoms with Gasteiger partial charge in [0.05, 0.1) is 5.56 Å². The van der Waals surface area contributed by atoms with Gasteiger partial charge in [-0.25, -0.2) is 4.39 Å². The number of halogens is 1. The average molecular weight is 284 g/mol. The van der Waals surface area contributed by atoms with Gasteiger partial charge in [-0.05, 0) is 55.3 Å². The third kappa shape index (κ3) is 2.50. The van der Waals surface area contributed by atoms with Crippen LogP contribution < -0.4 is 0 Å². The fourth-order valence-corrected chi connectivity index (χ4v) is 2.06. The van der Waals surface area contributed by atoms with Gasteiger partial charge in [-0.1, -0.05) is 11.2 Å². The summed E-state index contributed by atoms with van der Waals surface area (Å²) in [5.41, 5.74) is 2.58. The number of nitrogens with zero attached hydrogens (tertiary/aromatic N) is 2. The van der Waals surface area contributed by atoms with Gasteiger partial charge >= 0.3 is 0 Å². The smallest absolute Gasteiger partial charge is 0.261 e. The summed E-state index contributed by atoms with van der Waals surface area (Å²) in [4.78, 5) is 4.25. The molecule has 0 radical (unpaired) electrons. The largest absolute Gasteiger partial charge is 0.507 e. The first-order valence-electron chi connectivity index (χ1n) is 6.45. The summed E-state index contributed by atoms with van der Waals surface area (Å²) < 4.78 is 18.5. The van der Waals surface area contributed by atoms with Crippen molar-refractivity contribution in [1.82, 2.24) is 10.1 Å². The Kier molecular flexibility index (Phi) is 3.17. The lowest BCUT2D eigenvalue weighted by molar-refractivity contribution is 0.425. The first-order chi connectivity index (χ1) is 10.0. The van der Waals surface area contributed by atoms with E-state index < -0.39 is 0 Å². The molecule has 3 rings (SSSR count). The Morgan fingerprint density at radius 1 is 1.10 bits per heavy atom. The molecule has 0 aliphatic heterocycles. The molecule has 0 spiro atoms. The van der Waals surface area contributed by atoms with Crippen LogP contribution in [0.1, 0.15) is 11.1 Å². The van der Waals surface area contributed by atoms with Crippen LogP contribution in [0, 0.1) is 19.7 Å². The van der Waals surface area contributed by atoms with Crippen molar-refractivity contribution in [2.45, 2.75) is 13.8 Å². The van der Waals surface area contributed by atoms with E-state index in [0.717, 1.165) is 5.56 Å². The molecule has 4 nitrogen and oxygen atoms in total. The van der Waals surface area contributed by atoms with E-state index in [2.05, 4.69) is 10.1 Å². The Hall–Kier alpha value is -2.69. The molecule has 21 heavy (non-hydrogen) atoms. The number of hydrogen-bond donors (Lipinski definition) is 1. The molecule has 0 saturated heterocycles. The van der Waals surface area contributed by atoms with Gasteiger partial charge in [0.25, 0.3) is 5.89 Å². The predicted molar refractivity (Wildman–Crippen MR) is 76.3 cm³/mol. The first kappa shape index (κ1) is 13.3. The number of rotatable bonds is 2. The van der Waals surface area contributed by atoms with Crippen LogP contribution in [-0.2, 0) is 0 Å². The van der Waals surface area contributed by atoms with Gasteiger partial charge in [-0.2, -0.15) is 4.98 Å². The second-order valence-electron chi connectivity index (χ2n) is 4.91. The quantitative estimate of drug-likeness (QED) is 0.776. The highest BCUT2D eigenvalue weighted by Gasteiger charge is 2.14. The lowest BCUT2D eigenvalue weighted by Gasteiger charge is -2.00. The summed E-state index contributed by atoms with van der Waals surface area (Å²) in [7, 11) is 0. The van der Waals surface area contributed by atoms with Gasteiger partial charge in [0.2, 0.25) is 5.82 Å². The maximum atomic E-state index is 13.3. The first-order valence-corrected chi connectivity index (χ1v) is 6.45. The van der Waals surface area contributed by atoms with Crippen LogP contribution in [0.4, 0.5) is 4.39 Å². The van der Waals surface area contributed by atoms with Crippen molar-refractivity contribution in [3.05, 3.63) is 53.3 Å². The lowest BCUT2D eigenvalue weighted by atomic mass is 10.1. The average Bonchev–Trinajstić information content (AvgIpc) is 2.91. The Morgan fingerprint density at radius 2 is 1.90 bits per heavy atom. The van der Waals surface area contributed by atoms with Crippen LogP contribution >= 0.6 is 0 Å². The summed E-state index contributed by atoms with van der Waals surface area (Å²) in [5.74, 6) is 0.386. The maximum absolute atomic E-state index is 13.3. The van der Waals surface area contributed by atoms with Crippen LogP contribution in [0.25, 0.3) is 22.8 Å². The van der Waals surface area contributed by atoms with Crippen molar-refractivity contribution in [2.24, 2.45) is 0 Å². The van der Waals surface area contributed by atoms with Crippen molar-refractivity contribution in [1.29, 1.82) is 0 Å². The van der Waals surface area contributed by atoms with Crippen molar-refractivity contribution < 1.29 is 14.0 Å². The highest BCUT2D eigenvalue weighted by Crippen LogP contribution is 2.30. The zero-order chi connectivity index (χ0) is 15.0. The summed E-state index contributed by atoms with van der Waals surface area (Å²) in [6.45, 7) is 3.55. The van der Waals surface area contributed by atoms with Crippen LogP contribution in [0.15, 0.2) is 40.9 Å². The van der Waals surface area contributed by atoms with Gasteiger partial charge < -0.3 is 9.63 Å². The van der Waals surface area contributed by atoms with E-state index >= 15 is 0 Å². The molecule has 106 valence electrons. The SMILES string of the molecule is Cc1ccc(-c2nc(-c3ccc(F)c(C)c3)no2)c(O)c1. The minimum atomic E-state index is -0.279. The molecular formula is C16H13FN2O2. The molecule has 0 saturated carbocycles. The predicted octanol–water partition coefficient (Wildman–Crippen LogP) is 3.87. The number of phenols is 1. The monoisotopic (exact) mass is 284 g/mol. The molecule has 0 atom stereocenters. The molecule has 1 N–H and O–H groups in total. The van der Waals surface area contributed by atoms with E-state index in [1.165, 1.54) is 6.07 Å². The molecule has 0 bridgehead atoms. The highest BCUT2D eigenvalue weighted by atomic mass is 19.1.